The number of amides is 7. The second-order valence-corrected chi connectivity index (χ2v) is 17.5. The number of primary amides is 1. The van der Waals surface area contributed by atoms with Gasteiger partial charge in [-0.3, -0.25) is 33.6 Å². The van der Waals surface area contributed by atoms with Crippen LogP contribution in [0.5, 0.6) is 0 Å². The molecule has 1 unspecified atom stereocenters. The minimum atomic E-state index is -0.982. The van der Waals surface area contributed by atoms with Crippen LogP contribution in [0.4, 0.5) is 0 Å². The van der Waals surface area contributed by atoms with Crippen LogP contribution >= 0.6 is 0 Å². The van der Waals surface area contributed by atoms with Crippen LogP contribution in [0.3, 0.4) is 0 Å². The number of aromatic nitrogens is 3. The molecule has 0 bridgehead atoms. The predicted octanol–water partition coefficient (Wildman–Crippen LogP) is 4.22. The van der Waals surface area contributed by atoms with E-state index < -0.39 is 36.0 Å². The summed E-state index contributed by atoms with van der Waals surface area (Å²) >= 11 is 0. The van der Waals surface area contributed by atoms with Gasteiger partial charge in [-0.05, 0) is 66.5 Å². The second kappa shape index (κ2) is 24.4. The molecule has 0 aliphatic rings. The summed E-state index contributed by atoms with van der Waals surface area (Å²) in [6.45, 7) is 5.62. The van der Waals surface area contributed by atoms with Crippen molar-refractivity contribution in [3.05, 3.63) is 108 Å². The van der Waals surface area contributed by atoms with Crippen molar-refractivity contribution < 1.29 is 33.6 Å². The number of unbranched alkanes of at least 4 members (excludes halogenated alkanes) is 2. The zero-order valence-corrected chi connectivity index (χ0v) is 39.0. The minimum Gasteiger partial charge on any atom is -0.368 e. The monoisotopic (exact) mass is 928 g/mol. The number of carbonyl (C=O) groups excluding carboxylic acids is 7. The third-order valence-corrected chi connectivity index (χ3v) is 12.4. The van der Waals surface area contributed by atoms with Gasteiger partial charge in [0.1, 0.15) is 24.2 Å². The first kappa shape index (κ1) is 50.0. The van der Waals surface area contributed by atoms with Crippen LogP contribution in [-0.4, -0.2) is 93.6 Å². The highest BCUT2D eigenvalue weighted by Gasteiger charge is 2.30. The molecule has 3 aromatic heterocycles. The van der Waals surface area contributed by atoms with Gasteiger partial charge in [-0.15, -0.1) is 0 Å². The zero-order chi connectivity index (χ0) is 48.6. The van der Waals surface area contributed by atoms with Crippen molar-refractivity contribution in [1.29, 1.82) is 0 Å². The summed E-state index contributed by atoms with van der Waals surface area (Å²) in [7, 11) is 0. The Hall–Kier alpha value is -7.43. The lowest BCUT2D eigenvalue weighted by molar-refractivity contribution is -0.132. The summed E-state index contributed by atoms with van der Waals surface area (Å²) in [6.07, 6.45) is 8.77. The Morgan fingerprint density at radius 2 is 0.912 bits per heavy atom. The Balaban J connectivity index is 0.988. The number of H-pyrrole nitrogens is 3. The van der Waals surface area contributed by atoms with Crippen molar-refractivity contribution in [2.75, 3.05) is 13.1 Å². The van der Waals surface area contributed by atoms with Crippen molar-refractivity contribution in [1.82, 2.24) is 46.9 Å². The smallest absolute Gasteiger partial charge is 0.243 e. The SMILES string of the molecule is CCC(C)[C@H](NC(=O)[C@H](Cc1c[nH]c2ccccc12)NC(=O)CCCCNC(=O)[C@H](Cc1c[nH]c2ccccc12)NC(=O)CCCCNC(=O)[C@H](Cc1c[nH]c2ccccc12)NC(C)=O)C(N)=O. The van der Waals surface area contributed by atoms with Gasteiger partial charge in [-0.2, -0.15) is 0 Å². The molecule has 3 heterocycles. The van der Waals surface area contributed by atoms with E-state index in [0.717, 1.165) is 49.4 Å². The Morgan fingerprint density at radius 1 is 0.529 bits per heavy atom. The number of nitrogens with two attached hydrogens (primary N) is 1. The molecule has 17 heteroatoms. The van der Waals surface area contributed by atoms with Crippen molar-refractivity contribution in [3.63, 3.8) is 0 Å². The Morgan fingerprint density at radius 3 is 1.29 bits per heavy atom. The second-order valence-electron chi connectivity index (χ2n) is 17.5. The van der Waals surface area contributed by atoms with Crippen LogP contribution < -0.4 is 37.6 Å². The van der Waals surface area contributed by atoms with Gasteiger partial charge in [-0.25, -0.2) is 0 Å². The molecular formula is C51H64N10O7. The maximum Gasteiger partial charge on any atom is 0.243 e. The van der Waals surface area contributed by atoms with Crippen molar-refractivity contribution in [3.8, 4) is 0 Å². The molecule has 17 nitrogen and oxygen atoms in total. The maximum atomic E-state index is 13.7. The average molecular weight is 929 g/mol. The van der Waals surface area contributed by atoms with Crippen molar-refractivity contribution >= 4 is 74.1 Å². The predicted molar refractivity (Wildman–Crippen MR) is 262 cm³/mol. The largest absolute Gasteiger partial charge is 0.368 e. The van der Waals surface area contributed by atoms with E-state index >= 15 is 0 Å². The fourth-order valence-corrected chi connectivity index (χ4v) is 8.44. The van der Waals surface area contributed by atoms with E-state index in [1.165, 1.54) is 6.92 Å². The lowest BCUT2D eigenvalue weighted by Crippen LogP contribution is -2.55. The molecule has 68 heavy (non-hydrogen) atoms. The van der Waals surface area contributed by atoms with Crippen LogP contribution in [-0.2, 0) is 52.8 Å². The molecule has 5 atom stereocenters. The number of hydrogen-bond donors (Lipinski definition) is 10. The number of fused-ring (bicyclic) bond motifs is 3. The van der Waals surface area contributed by atoms with Crippen molar-refractivity contribution in [2.24, 2.45) is 11.7 Å². The van der Waals surface area contributed by atoms with Gasteiger partial charge in [-0.1, -0.05) is 74.9 Å². The van der Waals surface area contributed by atoms with Crippen molar-refractivity contribution in [2.45, 2.75) is 109 Å². The first-order valence-electron chi connectivity index (χ1n) is 23.5. The zero-order valence-electron chi connectivity index (χ0n) is 39.0. The lowest BCUT2D eigenvalue weighted by atomic mass is 9.97. The van der Waals surface area contributed by atoms with Gasteiger partial charge in [0.05, 0.1) is 0 Å². The molecule has 0 saturated carbocycles. The summed E-state index contributed by atoms with van der Waals surface area (Å²) < 4.78 is 0. The highest BCUT2D eigenvalue weighted by molar-refractivity contribution is 5.94. The summed E-state index contributed by atoms with van der Waals surface area (Å²) in [5.41, 5.74) is 11.0. The number of hydrogen-bond acceptors (Lipinski definition) is 7. The summed E-state index contributed by atoms with van der Waals surface area (Å²) in [5.74, 6) is -3.07. The topological polar surface area (TPSA) is 265 Å². The van der Waals surface area contributed by atoms with E-state index in [1.807, 2.05) is 99.0 Å². The summed E-state index contributed by atoms with van der Waals surface area (Å²) in [6, 6.07) is 19.5. The van der Waals surface area contributed by atoms with Crippen LogP contribution in [0.1, 0.15) is 82.4 Å². The third-order valence-electron chi connectivity index (χ3n) is 12.4. The quantitative estimate of drug-likeness (QED) is 0.0354. The highest BCUT2D eigenvalue weighted by atomic mass is 16.2. The van der Waals surface area contributed by atoms with Gasteiger partial charge < -0.3 is 52.6 Å². The standard InChI is InChI=1S/C51H64N10O7/c1-4-31(2)47(48(52)65)61-51(68)44(27-35-30-57-41-20-10-7-17-38(35)41)60-46(64)22-12-14-24-54-50(67)43(26-34-29-56-40-19-9-6-16-37(34)40)59-45(63)21-11-13-23-53-49(66)42(58-32(3)62)25-33-28-55-39-18-8-5-15-36(33)39/h5-10,15-20,28-31,42-44,47,55-57H,4,11-14,21-27H2,1-3H3,(H2,52,65)(H,53,66)(H,54,67)(H,58,62)(H,59,63)(H,60,64)(H,61,68)/t31?,42-,43-,44-,47-/m0/s1. The molecule has 3 aromatic carbocycles. The molecule has 0 aliphatic heterocycles. The maximum absolute atomic E-state index is 13.7. The van der Waals surface area contributed by atoms with E-state index in [-0.39, 0.29) is 67.7 Å². The Kier molecular flexibility index (Phi) is 17.9. The van der Waals surface area contributed by atoms with E-state index in [9.17, 15) is 33.6 Å². The van der Waals surface area contributed by atoms with Crippen LogP contribution in [0.15, 0.2) is 91.4 Å². The van der Waals surface area contributed by atoms with Gasteiger partial charge in [0.25, 0.3) is 0 Å². The molecule has 0 radical (unpaired) electrons. The molecule has 0 aliphatic carbocycles. The van der Waals surface area contributed by atoms with Gasteiger partial charge in [0.15, 0.2) is 0 Å². The van der Waals surface area contributed by atoms with E-state index in [2.05, 4.69) is 46.9 Å². The lowest BCUT2D eigenvalue weighted by Gasteiger charge is -2.25. The molecular weight excluding hydrogens is 865 g/mol. The molecule has 0 fully saturated rings. The first-order chi connectivity index (χ1) is 32.8. The van der Waals surface area contributed by atoms with E-state index in [4.69, 9.17) is 5.73 Å². The third kappa shape index (κ3) is 13.8. The number of benzene rings is 3. The fourth-order valence-electron chi connectivity index (χ4n) is 8.44. The Bertz CT molecular complexity index is 2700. The molecule has 0 saturated heterocycles. The summed E-state index contributed by atoms with van der Waals surface area (Å²) in [4.78, 5) is 101. The van der Waals surface area contributed by atoms with Crippen LogP contribution in [0.2, 0.25) is 0 Å². The molecule has 6 rings (SSSR count). The van der Waals surface area contributed by atoms with Gasteiger partial charge in [0.2, 0.25) is 41.4 Å². The van der Waals surface area contributed by atoms with Crippen LogP contribution in [0.25, 0.3) is 32.7 Å². The van der Waals surface area contributed by atoms with Gasteiger partial charge in [0, 0.05) is 103 Å². The number of para-hydroxylation sites is 3. The molecule has 360 valence electrons. The number of nitrogens with one attached hydrogen (secondary N) is 9. The molecule has 11 N–H and O–H groups in total. The Labute approximate surface area is 395 Å². The minimum absolute atomic E-state index is 0.0755. The number of rotatable bonds is 26. The summed E-state index contributed by atoms with van der Waals surface area (Å²) in [5, 5.41) is 19.9. The highest BCUT2D eigenvalue weighted by Crippen LogP contribution is 2.22. The molecule has 6 aromatic rings. The van der Waals surface area contributed by atoms with Crippen LogP contribution in [0, 0.1) is 5.92 Å². The van der Waals surface area contributed by atoms with Gasteiger partial charge >= 0.3 is 0 Å². The first-order valence-corrected chi connectivity index (χ1v) is 23.5. The molecule has 0 spiro atoms. The number of carbonyl (C=O) groups is 7. The number of aromatic amines is 3. The fraction of sp³-hybridized carbons (Fsp3) is 0.392. The van der Waals surface area contributed by atoms with E-state index in [1.54, 1.807) is 6.20 Å². The average Bonchev–Trinajstić information content (AvgIpc) is 4.06. The van der Waals surface area contributed by atoms with E-state index in [0.29, 0.717) is 45.1 Å². The molecule has 7 amide bonds. The normalized spacial score (nSPS) is 13.5.